The zero-order valence-corrected chi connectivity index (χ0v) is 17.7. The highest BCUT2D eigenvalue weighted by atomic mass is 32.2. The molecule has 1 aromatic heterocycles. The lowest BCUT2D eigenvalue weighted by atomic mass is 10.1. The van der Waals surface area contributed by atoms with E-state index in [9.17, 15) is 4.79 Å². The zero-order valence-electron chi connectivity index (χ0n) is 16.1. The van der Waals surface area contributed by atoms with Gasteiger partial charge in [0.25, 0.3) is 0 Å². The van der Waals surface area contributed by atoms with Crippen molar-refractivity contribution in [3.05, 3.63) is 76.5 Å². The number of aryl methyl sites for hydroxylation is 1. The van der Waals surface area contributed by atoms with E-state index in [0.717, 1.165) is 39.1 Å². The van der Waals surface area contributed by atoms with Crippen LogP contribution in [0.4, 0.5) is 17.1 Å². The highest BCUT2D eigenvalue weighted by molar-refractivity contribution is 8.14. The van der Waals surface area contributed by atoms with Crippen molar-refractivity contribution < 1.29 is 4.79 Å². The summed E-state index contributed by atoms with van der Waals surface area (Å²) in [7, 11) is 0. The molecule has 0 saturated carbocycles. The highest BCUT2D eigenvalue weighted by Crippen LogP contribution is 2.34. The SMILES string of the molecule is CCc1ccc(NC(=O)CSC2=Nc3ccccc3N=C(c3cccs3)C2)cc1. The number of nitrogens with one attached hydrogen (secondary N) is 1. The third kappa shape index (κ3) is 5.02. The number of aliphatic imine (C=N–C) groups is 2. The fourth-order valence-corrected chi connectivity index (χ4v) is 4.48. The lowest BCUT2D eigenvalue weighted by molar-refractivity contribution is -0.113. The van der Waals surface area contributed by atoms with E-state index in [1.165, 1.54) is 17.3 Å². The second-order valence-corrected chi connectivity index (χ2v) is 8.59. The van der Waals surface area contributed by atoms with Crippen molar-refractivity contribution in [2.75, 3.05) is 11.1 Å². The number of fused-ring (bicyclic) bond motifs is 1. The number of thioether (sulfide) groups is 1. The van der Waals surface area contributed by atoms with Gasteiger partial charge in [-0.25, -0.2) is 9.98 Å². The van der Waals surface area contributed by atoms with E-state index in [1.54, 1.807) is 11.3 Å². The van der Waals surface area contributed by atoms with Crippen molar-refractivity contribution in [3.63, 3.8) is 0 Å². The van der Waals surface area contributed by atoms with Crippen LogP contribution in [0.5, 0.6) is 0 Å². The molecule has 0 spiro atoms. The smallest absolute Gasteiger partial charge is 0.234 e. The molecule has 1 amide bonds. The summed E-state index contributed by atoms with van der Waals surface area (Å²) in [5.74, 6) is 0.280. The molecule has 0 fully saturated rings. The Kier molecular flexibility index (Phi) is 6.22. The first-order valence-corrected chi connectivity index (χ1v) is 11.4. The van der Waals surface area contributed by atoms with Crippen molar-refractivity contribution in [1.82, 2.24) is 0 Å². The van der Waals surface area contributed by atoms with Gasteiger partial charge in [-0.15, -0.1) is 23.1 Å². The summed E-state index contributed by atoms with van der Waals surface area (Å²) in [5.41, 5.74) is 4.78. The largest absolute Gasteiger partial charge is 0.325 e. The van der Waals surface area contributed by atoms with Gasteiger partial charge < -0.3 is 5.32 Å². The molecule has 0 atom stereocenters. The Hall–Kier alpha value is -2.70. The van der Waals surface area contributed by atoms with Crippen molar-refractivity contribution in [1.29, 1.82) is 0 Å². The van der Waals surface area contributed by atoms with Gasteiger partial charge in [0.05, 0.1) is 27.9 Å². The number of thiophene rings is 1. The lowest BCUT2D eigenvalue weighted by Gasteiger charge is -2.08. The second kappa shape index (κ2) is 9.20. The Morgan fingerprint density at radius 2 is 1.79 bits per heavy atom. The Morgan fingerprint density at radius 1 is 1.03 bits per heavy atom. The summed E-state index contributed by atoms with van der Waals surface area (Å²) >= 11 is 3.14. The highest BCUT2D eigenvalue weighted by Gasteiger charge is 2.17. The van der Waals surface area contributed by atoms with E-state index in [-0.39, 0.29) is 5.91 Å². The number of hydrogen-bond donors (Lipinski definition) is 1. The van der Waals surface area contributed by atoms with Crippen LogP contribution in [0.3, 0.4) is 0 Å². The van der Waals surface area contributed by atoms with E-state index >= 15 is 0 Å². The molecular weight excluding hydrogens is 398 g/mol. The van der Waals surface area contributed by atoms with Gasteiger partial charge in [0.15, 0.2) is 0 Å². The van der Waals surface area contributed by atoms with Gasteiger partial charge in [-0.1, -0.05) is 37.3 Å². The fourth-order valence-electron chi connectivity index (χ4n) is 2.99. The lowest BCUT2D eigenvalue weighted by Crippen LogP contribution is -2.16. The number of nitrogens with zero attached hydrogens (tertiary/aromatic N) is 2. The number of para-hydroxylation sites is 2. The van der Waals surface area contributed by atoms with Crippen LogP contribution in [-0.2, 0) is 11.2 Å². The predicted octanol–water partition coefficient (Wildman–Crippen LogP) is 6.24. The van der Waals surface area contributed by atoms with Crippen LogP contribution in [0.25, 0.3) is 0 Å². The average Bonchev–Trinajstić information content (AvgIpc) is 3.21. The van der Waals surface area contributed by atoms with E-state index in [1.807, 2.05) is 54.6 Å². The van der Waals surface area contributed by atoms with Gasteiger partial charge in [0.1, 0.15) is 0 Å². The number of benzene rings is 2. The Bertz CT molecular complexity index is 1050. The number of anilines is 1. The summed E-state index contributed by atoms with van der Waals surface area (Å²) in [6.07, 6.45) is 1.61. The predicted molar refractivity (Wildman–Crippen MR) is 126 cm³/mol. The van der Waals surface area contributed by atoms with Gasteiger partial charge in [-0.2, -0.15) is 0 Å². The standard InChI is InChI=1S/C23H21N3OS2/c1-2-16-9-11-17(12-10-16)24-22(27)15-29-23-14-20(21-8-5-13-28-21)25-18-6-3-4-7-19(18)26-23/h3-13H,2,14-15H2,1H3,(H,24,27). The van der Waals surface area contributed by atoms with Crippen molar-refractivity contribution in [3.8, 4) is 0 Å². The molecule has 0 aliphatic carbocycles. The first kappa shape index (κ1) is 19.6. The van der Waals surface area contributed by atoms with Gasteiger partial charge >= 0.3 is 0 Å². The molecule has 2 heterocycles. The molecule has 0 saturated heterocycles. The number of carbonyl (C=O) groups excluding carboxylic acids is 1. The first-order valence-electron chi connectivity index (χ1n) is 9.51. The van der Waals surface area contributed by atoms with Crippen LogP contribution in [-0.4, -0.2) is 22.4 Å². The van der Waals surface area contributed by atoms with Crippen LogP contribution < -0.4 is 5.32 Å². The molecule has 146 valence electrons. The normalized spacial score (nSPS) is 13.1. The van der Waals surface area contributed by atoms with Crippen LogP contribution >= 0.6 is 23.1 Å². The van der Waals surface area contributed by atoms with Gasteiger partial charge in [0.2, 0.25) is 5.91 Å². The molecule has 4 nitrogen and oxygen atoms in total. The number of carbonyl (C=O) groups is 1. The maximum atomic E-state index is 12.4. The summed E-state index contributed by atoms with van der Waals surface area (Å²) in [6.45, 7) is 2.11. The number of amides is 1. The summed E-state index contributed by atoms with van der Waals surface area (Å²) in [6, 6.07) is 20.0. The molecule has 0 bridgehead atoms. The monoisotopic (exact) mass is 419 g/mol. The minimum absolute atomic E-state index is 0.0332. The molecule has 0 radical (unpaired) electrons. The molecule has 0 unspecified atom stereocenters. The zero-order chi connectivity index (χ0) is 20.1. The van der Waals surface area contributed by atoms with Crippen LogP contribution in [0.2, 0.25) is 0 Å². The van der Waals surface area contributed by atoms with Gasteiger partial charge in [-0.3, -0.25) is 4.79 Å². The molecule has 4 rings (SSSR count). The minimum atomic E-state index is -0.0332. The molecule has 1 aliphatic rings. The molecule has 2 aromatic carbocycles. The van der Waals surface area contributed by atoms with Crippen molar-refractivity contribution in [2.45, 2.75) is 19.8 Å². The Balaban J connectivity index is 1.47. The molecular formula is C23H21N3OS2. The second-order valence-electron chi connectivity index (χ2n) is 6.59. The van der Waals surface area contributed by atoms with E-state index in [0.29, 0.717) is 12.2 Å². The summed E-state index contributed by atoms with van der Waals surface area (Å²) in [4.78, 5) is 23.2. The quantitative estimate of drug-likeness (QED) is 0.532. The third-order valence-electron chi connectivity index (χ3n) is 4.52. The van der Waals surface area contributed by atoms with E-state index in [2.05, 4.69) is 23.7 Å². The maximum Gasteiger partial charge on any atom is 0.234 e. The third-order valence-corrected chi connectivity index (χ3v) is 6.42. The molecule has 1 aliphatic heterocycles. The minimum Gasteiger partial charge on any atom is -0.325 e. The topological polar surface area (TPSA) is 53.8 Å². The first-order chi connectivity index (χ1) is 14.2. The molecule has 3 aromatic rings. The Labute approximate surface area is 178 Å². The summed E-state index contributed by atoms with van der Waals surface area (Å²) in [5, 5.41) is 5.92. The number of hydrogen-bond acceptors (Lipinski definition) is 5. The molecule has 6 heteroatoms. The number of rotatable bonds is 5. The fraction of sp³-hybridized carbons (Fsp3) is 0.174. The maximum absolute atomic E-state index is 12.4. The average molecular weight is 420 g/mol. The van der Waals surface area contributed by atoms with Gasteiger partial charge in [0, 0.05) is 17.0 Å². The molecule has 29 heavy (non-hydrogen) atoms. The summed E-state index contributed by atoms with van der Waals surface area (Å²) < 4.78 is 0. The Morgan fingerprint density at radius 3 is 2.48 bits per heavy atom. The van der Waals surface area contributed by atoms with Crippen molar-refractivity contribution >= 4 is 56.8 Å². The van der Waals surface area contributed by atoms with Crippen LogP contribution in [0, 0.1) is 0 Å². The van der Waals surface area contributed by atoms with Gasteiger partial charge in [-0.05, 0) is 47.7 Å². The molecule has 1 N–H and O–H groups in total. The van der Waals surface area contributed by atoms with E-state index < -0.39 is 0 Å². The van der Waals surface area contributed by atoms with E-state index in [4.69, 9.17) is 9.98 Å². The van der Waals surface area contributed by atoms with Crippen LogP contribution in [0.15, 0.2) is 76.0 Å². The van der Waals surface area contributed by atoms with Crippen molar-refractivity contribution in [2.24, 2.45) is 9.98 Å². The van der Waals surface area contributed by atoms with Crippen LogP contribution in [0.1, 0.15) is 23.8 Å².